The average Bonchev–Trinajstić information content (AvgIpc) is 2.72. The van der Waals surface area contributed by atoms with Crippen molar-refractivity contribution in [3.05, 3.63) is 53.0 Å². The Balaban J connectivity index is 1.50. The Labute approximate surface area is 167 Å². The van der Waals surface area contributed by atoms with E-state index in [1.165, 1.54) is 0 Å². The molecule has 6 heteroatoms. The molecule has 0 aliphatic carbocycles. The van der Waals surface area contributed by atoms with Gasteiger partial charge < -0.3 is 10.1 Å². The van der Waals surface area contributed by atoms with E-state index in [9.17, 15) is 0 Å². The number of aromatic nitrogens is 2. The number of nitrogens with zero attached hydrogens (tertiary/aromatic N) is 3. The monoisotopic (exact) mass is 426 g/mol. The first-order chi connectivity index (χ1) is 13.3. The van der Waals surface area contributed by atoms with Crippen LogP contribution >= 0.6 is 15.9 Å². The van der Waals surface area contributed by atoms with Crippen LogP contribution in [0.3, 0.4) is 0 Å². The van der Waals surface area contributed by atoms with Gasteiger partial charge in [-0.3, -0.25) is 4.90 Å². The van der Waals surface area contributed by atoms with E-state index in [1.54, 1.807) is 0 Å². The summed E-state index contributed by atoms with van der Waals surface area (Å²) in [6.07, 6.45) is 1.08. The van der Waals surface area contributed by atoms with Crippen LogP contribution < -0.4 is 5.32 Å². The third-order valence-electron chi connectivity index (χ3n) is 4.75. The van der Waals surface area contributed by atoms with Crippen LogP contribution in [0.2, 0.25) is 0 Å². The van der Waals surface area contributed by atoms with Crippen molar-refractivity contribution in [2.75, 3.05) is 44.7 Å². The predicted octanol–water partition coefficient (Wildman–Crippen LogP) is 4.19. The highest BCUT2D eigenvalue weighted by Gasteiger charge is 2.11. The number of hydrogen-bond acceptors (Lipinski definition) is 5. The summed E-state index contributed by atoms with van der Waals surface area (Å²) in [5.74, 6) is 1.65. The van der Waals surface area contributed by atoms with Gasteiger partial charge in [0.25, 0.3) is 0 Å². The number of morpholine rings is 1. The van der Waals surface area contributed by atoms with Gasteiger partial charge in [-0.15, -0.1) is 0 Å². The minimum atomic E-state index is 0.747. The molecule has 27 heavy (non-hydrogen) atoms. The van der Waals surface area contributed by atoms with E-state index in [0.29, 0.717) is 0 Å². The number of ether oxygens (including phenoxy) is 1. The zero-order chi connectivity index (χ0) is 18.5. The highest BCUT2D eigenvalue weighted by atomic mass is 79.9. The van der Waals surface area contributed by atoms with Crippen molar-refractivity contribution in [1.82, 2.24) is 14.9 Å². The number of para-hydroxylation sites is 1. The Morgan fingerprint density at radius 3 is 2.59 bits per heavy atom. The highest BCUT2D eigenvalue weighted by molar-refractivity contribution is 9.10. The maximum Gasteiger partial charge on any atom is 0.162 e. The Hall–Kier alpha value is -2.02. The van der Waals surface area contributed by atoms with Crippen molar-refractivity contribution in [2.45, 2.75) is 6.42 Å². The molecule has 3 aromatic rings. The zero-order valence-corrected chi connectivity index (χ0v) is 16.8. The smallest absolute Gasteiger partial charge is 0.162 e. The van der Waals surface area contributed by atoms with Gasteiger partial charge in [-0.25, -0.2) is 9.97 Å². The number of halogens is 1. The molecule has 1 fully saturated rings. The first kappa shape index (κ1) is 18.3. The lowest BCUT2D eigenvalue weighted by molar-refractivity contribution is 0.0378. The summed E-state index contributed by atoms with van der Waals surface area (Å²) in [7, 11) is 0. The Morgan fingerprint density at radius 2 is 1.78 bits per heavy atom. The molecular weight excluding hydrogens is 404 g/mol. The number of rotatable bonds is 6. The van der Waals surface area contributed by atoms with E-state index in [0.717, 1.165) is 78.4 Å². The summed E-state index contributed by atoms with van der Waals surface area (Å²) in [5.41, 5.74) is 1.97. The minimum absolute atomic E-state index is 0.747. The van der Waals surface area contributed by atoms with Crippen LogP contribution in [0.4, 0.5) is 5.82 Å². The summed E-state index contributed by atoms with van der Waals surface area (Å²) >= 11 is 3.48. The quantitative estimate of drug-likeness (QED) is 0.598. The van der Waals surface area contributed by atoms with Crippen LogP contribution in [0.5, 0.6) is 0 Å². The average molecular weight is 427 g/mol. The fourth-order valence-electron chi connectivity index (χ4n) is 3.27. The summed E-state index contributed by atoms with van der Waals surface area (Å²) < 4.78 is 6.46. The summed E-state index contributed by atoms with van der Waals surface area (Å²) in [6, 6.07) is 16.3. The maximum absolute atomic E-state index is 5.41. The fourth-order valence-corrected chi connectivity index (χ4v) is 3.54. The van der Waals surface area contributed by atoms with E-state index in [-0.39, 0.29) is 0 Å². The van der Waals surface area contributed by atoms with Gasteiger partial charge in [0.15, 0.2) is 5.82 Å². The molecule has 5 nitrogen and oxygen atoms in total. The van der Waals surface area contributed by atoms with Crippen LogP contribution in [0.25, 0.3) is 22.3 Å². The molecule has 2 aromatic carbocycles. The lowest BCUT2D eigenvalue weighted by Gasteiger charge is -2.26. The second-order valence-corrected chi connectivity index (χ2v) is 7.57. The van der Waals surface area contributed by atoms with E-state index < -0.39 is 0 Å². The molecule has 0 amide bonds. The third-order valence-corrected chi connectivity index (χ3v) is 5.28. The van der Waals surface area contributed by atoms with Crippen LogP contribution in [0, 0.1) is 0 Å². The number of anilines is 1. The van der Waals surface area contributed by atoms with Crippen molar-refractivity contribution in [3.8, 4) is 11.4 Å². The minimum Gasteiger partial charge on any atom is -0.379 e. The van der Waals surface area contributed by atoms with Gasteiger partial charge in [0.1, 0.15) is 5.82 Å². The molecule has 0 atom stereocenters. The molecule has 0 spiro atoms. The molecule has 1 aliphatic heterocycles. The van der Waals surface area contributed by atoms with Gasteiger partial charge in [0.2, 0.25) is 0 Å². The number of benzene rings is 2. The Bertz CT molecular complexity index is 894. The van der Waals surface area contributed by atoms with Crippen molar-refractivity contribution < 1.29 is 4.74 Å². The Kier molecular flexibility index (Phi) is 5.97. The van der Waals surface area contributed by atoms with Crippen LogP contribution in [-0.4, -0.2) is 54.3 Å². The lowest BCUT2D eigenvalue weighted by atomic mass is 10.2. The number of nitrogens with one attached hydrogen (secondary N) is 1. The van der Waals surface area contributed by atoms with E-state index >= 15 is 0 Å². The van der Waals surface area contributed by atoms with Crippen molar-refractivity contribution >= 4 is 32.7 Å². The van der Waals surface area contributed by atoms with Gasteiger partial charge >= 0.3 is 0 Å². The van der Waals surface area contributed by atoms with E-state index in [1.807, 2.05) is 42.5 Å². The number of hydrogen-bond donors (Lipinski definition) is 1. The molecule has 4 rings (SSSR count). The van der Waals surface area contributed by atoms with Gasteiger partial charge in [-0.1, -0.05) is 40.2 Å². The van der Waals surface area contributed by atoms with E-state index in [4.69, 9.17) is 14.7 Å². The molecule has 1 saturated heterocycles. The highest BCUT2D eigenvalue weighted by Crippen LogP contribution is 2.25. The molecule has 0 radical (unpaired) electrons. The summed E-state index contributed by atoms with van der Waals surface area (Å²) in [4.78, 5) is 12.0. The van der Waals surface area contributed by atoms with Gasteiger partial charge in [-0.2, -0.15) is 0 Å². The molecule has 0 unspecified atom stereocenters. The second-order valence-electron chi connectivity index (χ2n) is 6.65. The fraction of sp³-hybridized carbons (Fsp3) is 0.333. The van der Waals surface area contributed by atoms with Crippen molar-refractivity contribution in [2.24, 2.45) is 0 Å². The van der Waals surface area contributed by atoms with Gasteiger partial charge in [0.05, 0.1) is 18.7 Å². The van der Waals surface area contributed by atoms with Crippen LogP contribution in [0.1, 0.15) is 6.42 Å². The molecule has 1 N–H and O–H groups in total. The topological polar surface area (TPSA) is 50.3 Å². The lowest BCUT2D eigenvalue weighted by Crippen LogP contribution is -2.37. The predicted molar refractivity (Wildman–Crippen MR) is 113 cm³/mol. The SMILES string of the molecule is Brc1ccc(-c2nc(NCCCN3CCOCC3)c3ccccc3n2)cc1. The third kappa shape index (κ3) is 4.64. The molecule has 0 saturated carbocycles. The Morgan fingerprint density at radius 1 is 1.00 bits per heavy atom. The molecule has 140 valence electrons. The molecular formula is C21H23BrN4O. The van der Waals surface area contributed by atoms with E-state index in [2.05, 4.69) is 32.2 Å². The van der Waals surface area contributed by atoms with Crippen molar-refractivity contribution in [3.63, 3.8) is 0 Å². The second kappa shape index (κ2) is 8.78. The maximum atomic E-state index is 5.41. The van der Waals surface area contributed by atoms with Gasteiger partial charge in [-0.05, 0) is 37.2 Å². The molecule has 1 aliphatic rings. The van der Waals surface area contributed by atoms with Gasteiger partial charge in [0, 0.05) is 35.1 Å². The normalized spacial score (nSPS) is 15.1. The first-order valence-corrected chi connectivity index (χ1v) is 10.2. The molecule has 0 bridgehead atoms. The van der Waals surface area contributed by atoms with Crippen LogP contribution in [0.15, 0.2) is 53.0 Å². The first-order valence-electron chi connectivity index (χ1n) is 9.36. The van der Waals surface area contributed by atoms with Crippen LogP contribution in [-0.2, 0) is 4.74 Å². The zero-order valence-electron chi connectivity index (χ0n) is 15.2. The largest absolute Gasteiger partial charge is 0.379 e. The number of fused-ring (bicyclic) bond motifs is 1. The molecule has 1 aromatic heterocycles. The standard InChI is InChI=1S/C21H23BrN4O/c22-17-8-6-16(7-9-17)20-24-19-5-2-1-4-18(19)21(25-20)23-10-3-11-26-12-14-27-15-13-26/h1-2,4-9H,3,10-15H2,(H,23,24,25). The van der Waals surface area contributed by atoms with Crippen molar-refractivity contribution in [1.29, 1.82) is 0 Å². The molecule has 2 heterocycles. The summed E-state index contributed by atoms with van der Waals surface area (Å²) in [6.45, 7) is 5.73. The summed E-state index contributed by atoms with van der Waals surface area (Å²) in [5, 5.41) is 4.59.